The zero-order chi connectivity index (χ0) is 25.3. The second-order valence-corrected chi connectivity index (χ2v) is 8.32. The predicted octanol–water partition coefficient (Wildman–Crippen LogP) is 5.10. The third-order valence-electron chi connectivity index (χ3n) is 5.55. The van der Waals surface area contributed by atoms with E-state index >= 15 is 0 Å². The number of halogens is 3. The van der Waals surface area contributed by atoms with Gasteiger partial charge in [-0.25, -0.2) is 4.79 Å². The van der Waals surface area contributed by atoms with E-state index in [2.05, 4.69) is 15.0 Å². The van der Waals surface area contributed by atoms with Crippen LogP contribution < -0.4 is 20.5 Å². The number of nitrogens with two attached hydrogens (primary N) is 1. The molecule has 0 atom stereocenters. The first-order valence-electron chi connectivity index (χ1n) is 11.5. The topological polar surface area (TPSA) is 107 Å². The summed E-state index contributed by atoms with van der Waals surface area (Å²) in [6, 6.07) is 7.49. The van der Waals surface area contributed by atoms with Gasteiger partial charge in [-0.2, -0.15) is 0 Å². The van der Waals surface area contributed by atoms with E-state index in [-0.39, 0.29) is 17.3 Å². The molecule has 0 radical (unpaired) electrons. The lowest BCUT2D eigenvalue weighted by Gasteiger charge is -2.23. The van der Waals surface area contributed by atoms with E-state index in [9.17, 15) is 22.8 Å². The fraction of sp³-hybridized carbons (Fsp3) is 0.458. The molecule has 1 saturated carbocycles. The number of primary amides is 1. The first kappa shape index (κ1) is 26.1. The fourth-order valence-corrected chi connectivity index (χ4v) is 3.94. The minimum atomic E-state index is -4.72. The third-order valence-corrected chi connectivity index (χ3v) is 5.55. The SMILES string of the molecule is NC(=O)Nc1ccc(OC(F)(F)F)cc1.O=C(c1cc(OC2CCCCC2)ccn1)N1CCCC1. The van der Waals surface area contributed by atoms with Crippen LogP contribution in [-0.4, -0.2) is 47.4 Å². The number of ether oxygens (including phenoxy) is 2. The molecular weight excluding hydrogens is 465 g/mol. The van der Waals surface area contributed by atoms with Crippen LogP contribution in [0, 0.1) is 0 Å². The second kappa shape index (κ2) is 12.3. The normalized spacial score (nSPS) is 16.1. The van der Waals surface area contributed by atoms with E-state index < -0.39 is 12.4 Å². The lowest BCUT2D eigenvalue weighted by Crippen LogP contribution is -2.28. The molecule has 2 heterocycles. The van der Waals surface area contributed by atoms with E-state index in [0.717, 1.165) is 56.7 Å². The number of carbonyl (C=O) groups excluding carboxylic acids is 2. The Balaban J connectivity index is 0.000000205. The van der Waals surface area contributed by atoms with Crippen molar-refractivity contribution in [1.82, 2.24) is 9.88 Å². The van der Waals surface area contributed by atoms with Crippen molar-refractivity contribution >= 4 is 17.6 Å². The van der Waals surface area contributed by atoms with Crippen LogP contribution in [0.4, 0.5) is 23.7 Å². The van der Waals surface area contributed by atoms with E-state index in [1.165, 1.54) is 31.4 Å². The summed E-state index contributed by atoms with van der Waals surface area (Å²) in [7, 11) is 0. The van der Waals surface area contributed by atoms with Gasteiger partial charge in [0.1, 0.15) is 17.2 Å². The molecule has 11 heteroatoms. The summed E-state index contributed by atoms with van der Waals surface area (Å²) in [4.78, 5) is 28.8. The molecule has 8 nitrogen and oxygen atoms in total. The highest BCUT2D eigenvalue weighted by Crippen LogP contribution is 2.25. The maximum Gasteiger partial charge on any atom is 0.573 e. The van der Waals surface area contributed by atoms with Gasteiger partial charge in [-0.1, -0.05) is 6.42 Å². The fourth-order valence-electron chi connectivity index (χ4n) is 3.94. The molecule has 190 valence electrons. The summed E-state index contributed by atoms with van der Waals surface area (Å²) in [5, 5.41) is 2.20. The number of nitrogens with one attached hydrogen (secondary N) is 1. The number of pyridine rings is 1. The van der Waals surface area contributed by atoms with Gasteiger partial charge >= 0.3 is 12.4 Å². The lowest BCUT2D eigenvalue weighted by molar-refractivity contribution is -0.274. The lowest BCUT2D eigenvalue weighted by atomic mass is 9.98. The van der Waals surface area contributed by atoms with Gasteiger partial charge in [0.25, 0.3) is 5.91 Å². The Morgan fingerprint density at radius 3 is 2.23 bits per heavy atom. The molecule has 0 unspecified atom stereocenters. The van der Waals surface area contributed by atoms with E-state index in [4.69, 9.17) is 10.5 Å². The number of nitrogens with zero attached hydrogens (tertiary/aromatic N) is 2. The predicted molar refractivity (Wildman–Crippen MR) is 123 cm³/mol. The van der Waals surface area contributed by atoms with Gasteiger partial charge < -0.3 is 25.4 Å². The van der Waals surface area contributed by atoms with Gasteiger partial charge in [-0.05, 0) is 68.9 Å². The summed E-state index contributed by atoms with van der Waals surface area (Å²) in [6.07, 6.45) is 5.52. The van der Waals surface area contributed by atoms with Gasteiger partial charge in [0, 0.05) is 31.0 Å². The summed E-state index contributed by atoms with van der Waals surface area (Å²) in [6.45, 7) is 1.71. The summed E-state index contributed by atoms with van der Waals surface area (Å²) in [5.41, 5.74) is 5.61. The Labute approximate surface area is 201 Å². The quantitative estimate of drug-likeness (QED) is 0.601. The van der Waals surface area contributed by atoms with Crippen LogP contribution in [0.5, 0.6) is 11.5 Å². The molecule has 3 N–H and O–H groups in total. The zero-order valence-electron chi connectivity index (χ0n) is 19.2. The molecule has 0 bridgehead atoms. The molecule has 1 saturated heterocycles. The minimum Gasteiger partial charge on any atom is -0.490 e. The van der Waals surface area contributed by atoms with Crippen molar-refractivity contribution < 1.29 is 32.2 Å². The average molecular weight is 495 g/mol. The molecule has 1 aliphatic carbocycles. The zero-order valence-corrected chi connectivity index (χ0v) is 19.2. The van der Waals surface area contributed by atoms with Crippen LogP contribution in [0.1, 0.15) is 55.4 Å². The van der Waals surface area contributed by atoms with E-state index in [1.807, 2.05) is 11.0 Å². The Hall–Kier alpha value is -3.50. The standard InChI is InChI=1S/C16H22N2O2.C8H7F3N2O2/c19-16(18-10-4-5-11-18)15-12-14(8-9-17-15)20-13-6-2-1-3-7-13;9-8(10,11)15-6-3-1-5(2-4-6)13-7(12)14/h8-9,12-13H,1-7,10-11H2;1-4H,(H3,12,13,14). The first-order chi connectivity index (χ1) is 16.7. The molecule has 3 amide bonds. The largest absolute Gasteiger partial charge is 0.573 e. The van der Waals surface area contributed by atoms with Crippen molar-refractivity contribution in [1.29, 1.82) is 0 Å². The minimum absolute atomic E-state index is 0.0385. The Morgan fingerprint density at radius 2 is 1.63 bits per heavy atom. The summed E-state index contributed by atoms with van der Waals surface area (Å²) >= 11 is 0. The Kier molecular flexibility index (Phi) is 9.16. The number of benzene rings is 1. The second-order valence-electron chi connectivity index (χ2n) is 8.32. The Bertz CT molecular complexity index is 973. The van der Waals surface area contributed by atoms with E-state index in [1.54, 1.807) is 12.3 Å². The van der Waals surface area contributed by atoms with Gasteiger partial charge in [-0.15, -0.1) is 13.2 Å². The van der Waals surface area contributed by atoms with E-state index in [0.29, 0.717) is 11.8 Å². The smallest absolute Gasteiger partial charge is 0.490 e. The number of likely N-dealkylation sites (tertiary alicyclic amines) is 1. The molecule has 1 aromatic carbocycles. The molecular formula is C24H29F3N4O4. The van der Waals surface area contributed by atoms with Crippen molar-refractivity contribution in [3.8, 4) is 11.5 Å². The monoisotopic (exact) mass is 494 g/mol. The van der Waals surface area contributed by atoms with Crippen molar-refractivity contribution in [3.63, 3.8) is 0 Å². The number of carbonyl (C=O) groups is 2. The molecule has 2 aliphatic rings. The van der Waals surface area contributed by atoms with Gasteiger partial charge in [0.05, 0.1) is 6.10 Å². The summed E-state index contributed by atoms with van der Waals surface area (Å²) < 4.78 is 44.8. The number of aromatic nitrogens is 1. The Morgan fingerprint density at radius 1 is 0.971 bits per heavy atom. The maximum absolute atomic E-state index is 12.3. The molecule has 35 heavy (non-hydrogen) atoms. The molecule has 2 fully saturated rings. The van der Waals surface area contributed by atoms with Crippen LogP contribution in [-0.2, 0) is 0 Å². The van der Waals surface area contributed by atoms with Crippen LogP contribution >= 0.6 is 0 Å². The average Bonchev–Trinajstić information content (AvgIpc) is 3.35. The van der Waals surface area contributed by atoms with Gasteiger partial charge in [0.2, 0.25) is 0 Å². The maximum atomic E-state index is 12.3. The number of rotatable bonds is 5. The number of alkyl halides is 3. The molecule has 0 spiro atoms. The number of amides is 3. The van der Waals surface area contributed by atoms with Crippen molar-refractivity contribution in [3.05, 3.63) is 48.3 Å². The number of urea groups is 1. The van der Waals surface area contributed by atoms with Crippen molar-refractivity contribution in [2.24, 2.45) is 5.73 Å². The third kappa shape index (κ3) is 8.99. The number of hydrogen-bond donors (Lipinski definition) is 2. The molecule has 2 aromatic rings. The molecule has 1 aromatic heterocycles. The number of hydrogen-bond acceptors (Lipinski definition) is 5. The summed E-state index contributed by atoms with van der Waals surface area (Å²) in [5.74, 6) is 0.462. The van der Waals surface area contributed by atoms with Crippen LogP contribution in [0.3, 0.4) is 0 Å². The van der Waals surface area contributed by atoms with Crippen LogP contribution in [0.15, 0.2) is 42.6 Å². The van der Waals surface area contributed by atoms with Gasteiger partial charge in [0.15, 0.2) is 0 Å². The van der Waals surface area contributed by atoms with Gasteiger partial charge in [-0.3, -0.25) is 9.78 Å². The molecule has 4 rings (SSSR count). The highest BCUT2D eigenvalue weighted by molar-refractivity contribution is 5.92. The number of anilines is 1. The first-order valence-corrected chi connectivity index (χ1v) is 11.5. The molecule has 1 aliphatic heterocycles. The van der Waals surface area contributed by atoms with Crippen LogP contribution in [0.2, 0.25) is 0 Å². The van der Waals surface area contributed by atoms with Crippen LogP contribution in [0.25, 0.3) is 0 Å². The van der Waals surface area contributed by atoms with Crippen molar-refractivity contribution in [2.45, 2.75) is 57.4 Å². The van der Waals surface area contributed by atoms with Crippen molar-refractivity contribution in [2.75, 3.05) is 18.4 Å². The highest BCUT2D eigenvalue weighted by atomic mass is 19.4. The highest BCUT2D eigenvalue weighted by Gasteiger charge is 2.31.